The largest absolute Gasteiger partial charge is 0.369 e. The van der Waals surface area contributed by atoms with Crippen LogP contribution >= 0.6 is 11.6 Å². The Balaban J connectivity index is 2.01. The second kappa shape index (κ2) is 8.91. The van der Waals surface area contributed by atoms with Gasteiger partial charge in [-0.05, 0) is 38.5 Å². The van der Waals surface area contributed by atoms with E-state index >= 15 is 0 Å². The molecule has 1 aliphatic rings. The summed E-state index contributed by atoms with van der Waals surface area (Å²) in [6.07, 6.45) is 0.971. The summed E-state index contributed by atoms with van der Waals surface area (Å²) < 4.78 is 0. The molecule has 1 heterocycles. The summed E-state index contributed by atoms with van der Waals surface area (Å²) in [5.41, 5.74) is 1.54. The van der Waals surface area contributed by atoms with Gasteiger partial charge in [-0.3, -0.25) is 9.69 Å². The molecule has 0 spiro atoms. The van der Waals surface area contributed by atoms with Crippen LogP contribution in [0.5, 0.6) is 0 Å². The average Bonchev–Trinajstić information content (AvgIpc) is 2.81. The lowest BCUT2D eigenvalue weighted by molar-refractivity contribution is -0.132. The molecule has 24 heavy (non-hydrogen) atoms. The molecule has 0 N–H and O–H groups in total. The van der Waals surface area contributed by atoms with Crippen molar-refractivity contribution in [2.75, 3.05) is 50.7 Å². The number of nitrogens with zero attached hydrogens (tertiary/aromatic N) is 4. The SMILES string of the molecule is CCN(CC)C(=O)CN1CCCN(c2ccc(Cl)cc2C#N)CC1. The van der Waals surface area contributed by atoms with E-state index in [-0.39, 0.29) is 5.91 Å². The summed E-state index contributed by atoms with van der Waals surface area (Å²) >= 11 is 5.98. The minimum atomic E-state index is 0.192. The first-order valence-corrected chi connectivity index (χ1v) is 8.91. The van der Waals surface area contributed by atoms with Crippen LogP contribution < -0.4 is 4.90 Å². The molecule has 0 radical (unpaired) electrons. The van der Waals surface area contributed by atoms with Gasteiger partial charge in [0.05, 0.1) is 17.8 Å². The van der Waals surface area contributed by atoms with Crippen molar-refractivity contribution in [2.24, 2.45) is 0 Å². The van der Waals surface area contributed by atoms with Crippen molar-refractivity contribution < 1.29 is 4.79 Å². The van der Waals surface area contributed by atoms with Crippen molar-refractivity contribution in [3.63, 3.8) is 0 Å². The summed E-state index contributed by atoms with van der Waals surface area (Å²) in [5.74, 6) is 0.192. The molecule has 6 heteroatoms. The average molecular weight is 349 g/mol. The highest BCUT2D eigenvalue weighted by Gasteiger charge is 2.20. The smallest absolute Gasteiger partial charge is 0.236 e. The van der Waals surface area contributed by atoms with Crippen LogP contribution in [0.1, 0.15) is 25.8 Å². The van der Waals surface area contributed by atoms with Crippen molar-refractivity contribution in [3.8, 4) is 6.07 Å². The molecule has 0 bridgehead atoms. The van der Waals surface area contributed by atoms with Gasteiger partial charge in [-0.1, -0.05) is 11.6 Å². The zero-order valence-corrected chi connectivity index (χ0v) is 15.2. The molecule has 1 aromatic rings. The predicted molar refractivity (Wildman–Crippen MR) is 97.4 cm³/mol. The molecule has 1 aliphatic heterocycles. The van der Waals surface area contributed by atoms with Crippen LogP contribution in [-0.2, 0) is 4.79 Å². The maximum absolute atomic E-state index is 12.3. The first kappa shape index (κ1) is 18.6. The molecule has 1 saturated heterocycles. The van der Waals surface area contributed by atoms with E-state index in [9.17, 15) is 10.1 Å². The van der Waals surface area contributed by atoms with E-state index in [0.717, 1.165) is 51.4 Å². The van der Waals surface area contributed by atoms with Gasteiger partial charge in [0.15, 0.2) is 0 Å². The van der Waals surface area contributed by atoms with Crippen LogP contribution in [0.3, 0.4) is 0 Å². The van der Waals surface area contributed by atoms with Gasteiger partial charge in [0.2, 0.25) is 5.91 Å². The highest BCUT2D eigenvalue weighted by Crippen LogP contribution is 2.24. The molecule has 130 valence electrons. The lowest BCUT2D eigenvalue weighted by atomic mass is 10.1. The summed E-state index contributed by atoms with van der Waals surface area (Å²) in [6.45, 7) is 9.41. The number of hydrogen-bond acceptors (Lipinski definition) is 4. The van der Waals surface area contributed by atoms with Crippen LogP contribution in [0.15, 0.2) is 18.2 Å². The second-order valence-electron chi connectivity index (χ2n) is 5.96. The summed E-state index contributed by atoms with van der Waals surface area (Å²) in [4.78, 5) is 18.6. The van der Waals surface area contributed by atoms with Gasteiger partial charge in [-0.25, -0.2) is 0 Å². The molecule has 2 rings (SSSR count). The topological polar surface area (TPSA) is 50.6 Å². The van der Waals surface area contributed by atoms with Gasteiger partial charge < -0.3 is 9.80 Å². The van der Waals surface area contributed by atoms with Gasteiger partial charge in [0.25, 0.3) is 0 Å². The Labute approximate surface area is 149 Å². The van der Waals surface area contributed by atoms with Gasteiger partial charge in [-0.15, -0.1) is 0 Å². The highest BCUT2D eigenvalue weighted by molar-refractivity contribution is 6.30. The van der Waals surface area contributed by atoms with Gasteiger partial charge >= 0.3 is 0 Å². The van der Waals surface area contributed by atoms with E-state index in [0.29, 0.717) is 17.1 Å². The second-order valence-corrected chi connectivity index (χ2v) is 6.39. The maximum atomic E-state index is 12.3. The lowest BCUT2D eigenvalue weighted by Crippen LogP contribution is -2.41. The quantitative estimate of drug-likeness (QED) is 0.820. The minimum Gasteiger partial charge on any atom is -0.369 e. The number of likely N-dealkylation sites (N-methyl/N-ethyl adjacent to an activating group) is 1. The molecule has 0 aliphatic carbocycles. The van der Waals surface area contributed by atoms with Crippen molar-refractivity contribution in [2.45, 2.75) is 20.3 Å². The zero-order valence-electron chi connectivity index (χ0n) is 14.5. The molecule has 1 fully saturated rings. The van der Waals surface area contributed by atoms with E-state index in [1.54, 1.807) is 6.07 Å². The van der Waals surface area contributed by atoms with Crippen LogP contribution in [-0.4, -0.2) is 61.5 Å². The monoisotopic (exact) mass is 348 g/mol. The fraction of sp³-hybridized carbons (Fsp3) is 0.556. The molecule has 5 nitrogen and oxygen atoms in total. The third kappa shape index (κ3) is 4.62. The first-order chi connectivity index (χ1) is 11.6. The molecule has 0 unspecified atom stereocenters. The third-order valence-corrected chi connectivity index (χ3v) is 4.72. The number of halogens is 1. The fourth-order valence-corrected chi connectivity index (χ4v) is 3.28. The minimum absolute atomic E-state index is 0.192. The Morgan fingerprint density at radius 1 is 1.25 bits per heavy atom. The molecular formula is C18H25ClN4O. The van der Waals surface area contributed by atoms with E-state index in [2.05, 4.69) is 15.9 Å². The van der Waals surface area contributed by atoms with Crippen LogP contribution in [0.4, 0.5) is 5.69 Å². The van der Waals surface area contributed by atoms with E-state index in [1.165, 1.54) is 0 Å². The highest BCUT2D eigenvalue weighted by atomic mass is 35.5. The van der Waals surface area contributed by atoms with Gasteiger partial charge in [-0.2, -0.15) is 5.26 Å². The molecular weight excluding hydrogens is 324 g/mol. The molecule has 1 aromatic carbocycles. The zero-order chi connectivity index (χ0) is 17.5. The molecule has 1 amide bonds. The molecule has 0 aromatic heterocycles. The normalized spacial score (nSPS) is 15.7. The molecule has 0 saturated carbocycles. The Morgan fingerprint density at radius 2 is 2.00 bits per heavy atom. The number of rotatable bonds is 5. The van der Waals surface area contributed by atoms with Crippen molar-refractivity contribution >= 4 is 23.2 Å². The van der Waals surface area contributed by atoms with Crippen molar-refractivity contribution in [1.82, 2.24) is 9.80 Å². The van der Waals surface area contributed by atoms with E-state index < -0.39 is 0 Å². The number of carbonyl (C=O) groups excluding carboxylic acids is 1. The number of nitriles is 1. The maximum Gasteiger partial charge on any atom is 0.236 e. The van der Waals surface area contributed by atoms with Crippen LogP contribution in [0.2, 0.25) is 5.02 Å². The predicted octanol–water partition coefficient (Wildman–Crippen LogP) is 2.59. The fourth-order valence-electron chi connectivity index (χ4n) is 3.11. The lowest BCUT2D eigenvalue weighted by Gasteiger charge is -2.26. The Hall–Kier alpha value is -1.77. The summed E-state index contributed by atoms with van der Waals surface area (Å²) in [7, 11) is 0. The summed E-state index contributed by atoms with van der Waals surface area (Å²) in [5, 5.41) is 9.91. The number of amides is 1. The Bertz CT molecular complexity index is 610. The first-order valence-electron chi connectivity index (χ1n) is 8.53. The van der Waals surface area contributed by atoms with Crippen molar-refractivity contribution in [3.05, 3.63) is 28.8 Å². The number of benzene rings is 1. The van der Waals surface area contributed by atoms with E-state index in [4.69, 9.17) is 11.6 Å². The number of carbonyl (C=O) groups is 1. The Morgan fingerprint density at radius 3 is 2.67 bits per heavy atom. The van der Waals surface area contributed by atoms with Gasteiger partial charge in [0, 0.05) is 44.3 Å². The van der Waals surface area contributed by atoms with E-state index in [1.807, 2.05) is 30.9 Å². The van der Waals surface area contributed by atoms with Crippen LogP contribution in [0.25, 0.3) is 0 Å². The summed E-state index contributed by atoms with van der Waals surface area (Å²) in [6, 6.07) is 7.68. The van der Waals surface area contributed by atoms with Crippen molar-refractivity contribution in [1.29, 1.82) is 5.26 Å². The number of anilines is 1. The van der Waals surface area contributed by atoms with Crippen LogP contribution in [0, 0.1) is 11.3 Å². The standard InChI is InChI=1S/C18H25ClN4O/c1-3-22(4-2)18(24)14-21-8-5-9-23(11-10-21)17-7-6-16(19)12-15(17)13-20/h6-7,12H,3-5,8-11,14H2,1-2H3. The van der Waals surface area contributed by atoms with Gasteiger partial charge in [0.1, 0.15) is 6.07 Å². The Kier molecular flexibility index (Phi) is 6.89. The molecule has 0 atom stereocenters. The number of hydrogen-bond donors (Lipinski definition) is 0. The third-order valence-electron chi connectivity index (χ3n) is 4.48.